The summed E-state index contributed by atoms with van der Waals surface area (Å²) in [7, 11) is 0. The molecule has 3 nitrogen and oxygen atoms in total. The number of amides is 1. The van der Waals surface area contributed by atoms with Crippen LogP contribution >= 0.6 is 0 Å². The fourth-order valence-corrected chi connectivity index (χ4v) is 2.69. The average Bonchev–Trinajstić information content (AvgIpc) is 2.76. The molecule has 1 saturated carbocycles. The molecule has 1 unspecified atom stereocenters. The van der Waals surface area contributed by atoms with Crippen molar-refractivity contribution < 1.29 is 4.79 Å². The van der Waals surface area contributed by atoms with Gasteiger partial charge < -0.3 is 11.1 Å². The number of carbonyl (C=O) groups is 1. The van der Waals surface area contributed by atoms with E-state index in [0.29, 0.717) is 6.42 Å². The number of hydrogen-bond acceptors (Lipinski definition) is 2. The number of benzene rings is 1. The first-order chi connectivity index (χ1) is 8.59. The topological polar surface area (TPSA) is 55.1 Å². The van der Waals surface area contributed by atoms with Crippen molar-refractivity contribution in [2.45, 2.75) is 50.6 Å². The summed E-state index contributed by atoms with van der Waals surface area (Å²) in [6.07, 6.45) is 4.69. The highest BCUT2D eigenvalue weighted by molar-refractivity contribution is 5.77. The highest BCUT2D eigenvalue weighted by Gasteiger charge is 2.31. The summed E-state index contributed by atoms with van der Waals surface area (Å²) >= 11 is 0. The molecule has 98 valence electrons. The Morgan fingerprint density at radius 2 is 1.94 bits per heavy atom. The Bertz CT molecular complexity index is 396. The summed E-state index contributed by atoms with van der Waals surface area (Å²) in [5.41, 5.74) is 7.08. The second-order valence-corrected chi connectivity index (χ2v) is 5.45. The van der Waals surface area contributed by atoms with Gasteiger partial charge in [0, 0.05) is 12.0 Å². The zero-order chi connectivity index (χ0) is 13.0. The van der Waals surface area contributed by atoms with Gasteiger partial charge in [0.2, 0.25) is 5.91 Å². The third kappa shape index (κ3) is 3.33. The van der Waals surface area contributed by atoms with Gasteiger partial charge >= 0.3 is 0 Å². The van der Waals surface area contributed by atoms with E-state index in [1.54, 1.807) is 0 Å². The third-order valence-electron chi connectivity index (χ3n) is 3.79. The first-order valence-electron chi connectivity index (χ1n) is 6.72. The Morgan fingerprint density at radius 3 is 2.56 bits per heavy atom. The molecule has 0 saturated heterocycles. The molecule has 18 heavy (non-hydrogen) atoms. The molecule has 1 aromatic carbocycles. The van der Waals surface area contributed by atoms with E-state index in [9.17, 15) is 4.79 Å². The van der Waals surface area contributed by atoms with E-state index in [2.05, 4.69) is 5.32 Å². The second kappa shape index (κ2) is 5.53. The maximum atomic E-state index is 12.0. The van der Waals surface area contributed by atoms with Crippen LogP contribution in [0.25, 0.3) is 0 Å². The molecule has 1 amide bonds. The van der Waals surface area contributed by atoms with Crippen molar-refractivity contribution in [3.8, 4) is 0 Å². The van der Waals surface area contributed by atoms with E-state index in [0.717, 1.165) is 31.2 Å². The standard InChI is InChI=1S/C15H22N2O/c1-12(13-7-3-2-4-8-13)17-14(18)11-15(16)9-5-6-10-15/h2-4,7-8,12H,5-6,9-11,16H2,1H3,(H,17,18). The predicted octanol–water partition coefficient (Wildman–Crippen LogP) is 2.53. The number of nitrogens with one attached hydrogen (secondary N) is 1. The molecule has 1 aliphatic carbocycles. The molecule has 3 N–H and O–H groups in total. The van der Waals surface area contributed by atoms with Gasteiger partial charge in [0.25, 0.3) is 0 Å². The molecule has 0 heterocycles. The molecule has 1 aliphatic rings. The first kappa shape index (κ1) is 13.1. The van der Waals surface area contributed by atoms with Crippen molar-refractivity contribution in [1.29, 1.82) is 0 Å². The highest BCUT2D eigenvalue weighted by Crippen LogP contribution is 2.30. The van der Waals surface area contributed by atoms with Crippen molar-refractivity contribution >= 4 is 5.91 Å². The molecular formula is C15H22N2O. The van der Waals surface area contributed by atoms with Crippen molar-refractivity contribution in [1.82, 2.24) is 5.32 Å². The van der Waals surface area contributed by atoms with Gasteiger partial charge in [0.1, 0.15) is 0 Å². The summed E-state index contributed by atoms with van der Waals surface area (Å²) in [6.45, 7) is 2.01. The van der Waals surface area contributed by atoms with Gasteiger partial charge in [-0.05, 0) is 25.3 Å². The lowest BCUT2D eigenvalue weighted by Gasteiger charge is -2.24. The molecule has 0 aromatic heterocycles. The van der Waals surface area contributed by atoms with Gasteiger partial charge in [0.15, 0.2) is 0 Å². The summed E-state index contributed by atoms with van der Waals surface area (Å²) in [6, 6.07) is 10.0. The lowest BCUT2D eigenvalue weighted by Crippen LogP contribution is -2.42. The molecule has 0 spiro atoms. The van der Waals surface area contributed by atoms with Crippen LogP contribution in [-0.4, -0.2) is 11.4 Å². The summed E-state index contributed by atoms with van der Waals surface area (Å²) in [4.78, 5) is 12.0. The van der Waals surface area contributed by atoms with Crippen LogP contribution in [0.2, 0.25) is 0 Å². The third-order valence-corrected chi connectivity index (χ3v) is 3.79. The molecule has 0 radical (unpaired) electrons. The van der Waals surface area contributed by atoms with Crippen molar-refractivity contribution in [3.05, 3.63) is 35.9 Å². The molecule has 1 fully saturated rings. The molecule has 1 aromatic rings. The molecule has 3 heteroatoms. The first-order valence-corrected chi connectivity index (χ1v) is 6.72. The minimum atomic E-state index is -0.263. The van der Waals surface area contributed by atoms with Gasteiger partial charge in [-0.25, -0.2) is 0 Å². The van der Waals surface area contributed by atoms with Gasteiger partial charge in [-0.1, -0.05) is 43.2 Å². The molecule has 0 aliphatic heterocycles. The van der Waals surface area contributed by atoms with Crippen LogP contribution in [0, 0.1) is 0 Å². The van der Waals surface area contributed by atoms with Crippen LogP contribution in [-0.2, 0) is 4.79 Å². The van der Waals surface area contributed by atoms with E-state index < -0.39 is 0 Å². The number of nitrogens with two attached hydrogens (primary N) is 1. The number of hydrogen-bond donors (Lipinski definition) is 2. The fraction of sp³-hybridized carbons (Fsp3) is 0.533. The Labute approximate surface area is 109 Å². The van der Waals surface area contributed by atoms with Gasteiger partial charge in [-0.3, -0.25) is 4.79 Å². The van der Waals surface area contributed by atoms with E-state index in [1.807, 2.05) is 37.3 Å². The molecule has 0 bridgehead atoms. The molecule has 2 rings (SSSR count). The van der Waals surface area contributed by atoms with Crippen molar-refractivity contribution in [2.75, 3.05) is 0 Å². The summed E-state index contributed by atoms with van der Waals surface area (Å²) in [5, 5.41) is 3.03. The second-order valence-electron chi connectivity index (χ2n) is 5.45. The Morgan fingerprint density at radius 1 is 1.33 bits per heavy atom. The van der Waals surface area contributed by atoms with E-state index in [1.165, 1.54) is 0 Å². The maximum Gasteiger partial charge on any atom is 0.222 e. The van der Waals surface area contributed by atoms with Gasteiger partial charge in [0.05, 0.1) is 6.04 Å². The van der Waals surface area contributed by atoms with Gasteiger partial charge in [-0.2, -0.15) is 0 Å². The highest BCUT2D eigenvalue weighted by atomic mass is 16.1. The fourth-order valence-electron chi connectivity index (χ4n) is 2.69. The quantitative estimate of drug-likeness (QED) is 0.857. The van der Waals surface area contributed by atoms with E-state index in [-0.39, 0.29) is 17.5 Å². The van der Waals surface area contributed by atoms with Crippen LogP contribution in [0.4, 0.5) is 0 Å². The lowest BCUT2D eigenvalue weighted by atomic mass is 9.94. The van der Waals surface area contributed by atoms with Crippen LogP contribution in [0.5, 0.6) is 0 Å². The van der Waals surface area contributed by atoms with Crippen molar-refractivity contribution in [3.63, 3.8) is 0 Å². The summed E-state index contributed by atoms with van der Waals surface area (Å²) < 4.78 is 0. The Hall–Kier alpha value is -1.35. The summed E-state index contributed by atoms with van der Waals surface area (Å²) in [5.74, 6) is 0.0655. The van der Waals surface area contributed by atoms with Gasteiger partial charge in [-0.15, -0.1) is 0 Å². The van der Waals surface area contributed by atoms with E-state index in [4.69, 9.17) is 5.73 Å². The van der Waals surface area contributed by atoms with Crippen LogP contribution in [0.15, 0.2) is 30.3 Å². The van der Waals surface area contributed by atoms with Crippen LogP contribution in [0.3, 0.4) is 0 Å². The smallest absolute Gasteiger partial charge is 0.222 e. The zero-order valence-corrected chi connectivity index (χ0v) is 11.0. The average molecular weight is 246 g/mol. The predicted molar refractivity (Wildman–Crippen MR) is 73.0 cm³/mol. The Kier molecular flexibility index (Phi) is 4.02. The monoisotopic (exact) mass is 246 g/mol. The largest absolute Gasteiger partial charge is 0.350 e. The number of carbonyl (C=O) groups excluding carboxylic acids is 1. The van der Waals surface area contributed by atoms with Crippen molar-refractivity contribution in [2.24, 2.45) is 5.73 Å². The van der Waals surface area contributed by atoms with Crippen LogP contribution < -0.4 is 11.1 Å². The maximum absolute atomic E-state index is 12.0. The molecular weight excluding hydrogens is 224 g/mol. The molecule has 1 atom stereocenters. The number of rotatable bonds is 4. The normalized spacial score (nSPS) is 19.4. The SMILES string of the molecule is CC(NC(=O)CC1(N)CCCC1)c1ccccc1. The lowest BCUT2D eigenvalue weighted by molar-refractivity contribution is -0.122. The van der Waals surface area contributed by atoms with Crippen LogP contribution in [0.1, 0.15) is 50.6 Å². The minimum absolute atomic E-state index is 0.0451. The minimum Gasteiger partial charge on any atom is -0.350 e. The Balaban J connectivity index is 1.88. The van der Waals surface area contributed by atoms with E-state index >= 15 is 0 Å². The zero-order valence-electron chi connectivity index (χ0n) is 11.0.